The molecule has 0 saturated carbocycles. The number of nitrogens with zero attached hydrogens (tertiary/aromatic N) is 2. The molecule has 1 atom stereocenters. The van der Waals surface area contributed by atoms with Crippen LogP contribution in [0.2, 0.25) is 0 Å². The number of nitrogens with one attached hydrogen (secondary N) is 1. The molecule has 1 aromatic carbocycles. The van der Waals surface area contributed by atoms with Gasteiger partial charge in [0.2, 0.25) is 0 Å². The number of aromatic nitrogens is 2. The molecule has 0 saturated heterocycles. The van der Waals surface area contributed by atoms with Gasteiger partial charge in [0.15, 0.2) is 0 Å². The van der Waals surface area contributed by atoms with Crippen molar-refractivity contribution in [2.45, 2.75) is 26.3 Å². The van der Waals surface area contributed by atoms with Crippen molar-refractivity contribution < 1.29 is 0 Å². The van der Waals surface area contributed by atoms with E-state index in [4.69, 9.17) is 0 Å². The minimum absolute atomic E-state index is 0.271. The summed E-state index contributed by atoms with van der Waals surface area (Å²) < 4.78 is 1.99. The van der Waals surface area contributed by atoms with Gasteiger partial charge < -0.3 is 9.88 Å². The van der Waals surface area contributed by atoms with Crippen LogP contribution < -0.4 is 5.32 Å². The number of hydrogen-bond acceptors (Lipinski definition) is 2. The lowest BCUT2D eigenvalue weighted by molar-refractivity contribution is 0.577. The molecule has 1 N–H and O–H groups in total. The second-order valence-electron chi connectivity index (χ2n) is 5.01. The van der Waals surface area contributed by atoms with Crippen molar-refractivity contribution in [3.8, 4) is 0 Å². The standard InChI is InChI=1S/C15H21N3/c1-11-5-12(2)7-13(6-11)8-14(16-3)15-9-18(4)10-17-15/h5-7,9-10,14,16H,8H2,1-4H3. The van der Waals surface area contributed by atoms with Crippen molar-refractivity contribution in [3.05, 3.63) is 53.1 Å². The number of imidazole rings is 1. The zero-order chi connectivity index (χ0) is 13.1. The molecule has 0 radical (unpaired) electrons. The molecule has 1 unspecified atom stereocenters. The van der Waals surface area contributed by atoms with Crippen molar-refractivity contribution in [1.29, 1.82) is 0 Å². The van der Waals surface area contributed by atoms with Crippen molar-refractivity contribution in [3.63, 3.8) is 0 Å². The van der Waals surface area contributed by atoms with Gasteiger partial charge in [0, 0.05) is 13.2 Å². The fraction of sp³-hybridized carbons (Fsp3) is 0.400. The molecule has 96 valence electrons. The third-order valence-electron chi connectivity index (χ3n) is 3.15. The quantitative estimate of drug-likeness (QED) is 0.894. The second-order valence-corrected chi connectivity index (χ2v) is 5.01. The van der Waals surface area contributed by atoms with Gasteiger partial charge in [-0.2, -0.15) is 0 Å². The van der Waals surface area contributed by atoms with Crippen LogP contribution in [0.5, 0.6) is 0 Å². The number of likely N-dealkylation sites (N-methyl/N-ethyl adjacent to an activating group) is 1. The third-order valence-corrected chi connectivity index (χ3v) is 3.15. The summed E-state index contributed by atoms with van der Waals surface area (Å²) in [6, 6.07) is 6.98. The number of rotatable bonds is 4. The Morgan fingerprint density at radius 2 is 1.89 bits per heavy atom. The maximum Gasteiger partial charge on any atom is 0.0947 e. The summed E-state index contributed by atoms with van der Waals surface area (Å²) in [6.45, 7) is 4.29. The van der Waals surface area contributed by atoms with Crippen LogP contribution in [0.3, 0.4) is 0 Å². The lowest BCUT2D eigenvalue weighted by Gasteiger charge is -2.14. The zero-order valence-corrected chi connectivity index (χ0v) is 11.6. The molecule has 2 aromatic rings. The van der Waals surface area contributed by atoms with Gasteiger partial charge >= 0.3 is 0 Å². The van der Waals surface area contributed by atoms with E-state index in [1.54, 1.807) is 0 Å². The normalized spacial score (nSPS) is 12.7. The van der Waals surface area contributed by atoms with Gasteiger partial charge in [-0.05, 0) is 32.9 Å². The predicted molar refractivity (Wildman–Crippen MR) is 74.6 cm³/mol. The number of benzene rings is 1. The van der Waals surface area contributed by atoms with Crippen molar-refractivity contribution in [1.82, 2.24) is 14.9 Å². The van der Waals surface area contributed by atoms with E-state index >= 15 is 0 Å². The minimum atomic E-state index is 0.271. The average molecular weight is 243 g/mol. The van der Waals surface area contributed by atoms with E-state index in [2.05, 4.69) is 48.5 Å². The molecule has 0 spiro atoms. The highest BCUT2D eigenvalue weighted by molar-refractivity contribution is 5.29. The van der Waals surface area contributed by atoms with Crippen LogP contribution in [-0.2, 0) is 13.5 Å². The Labute approximate surface area is 109 Å². The Hall–Kier alpha value is -1.61. The lowest BCUT2D eigenvalue weighted by Crippen LogP contribution is -2.19. The maximum atomic E-state index is 4.43. The summed E-state index contributed by atoms with van der Waals surface area (Å²) in [5.41, 5.74) is 5.10. The summed E-state index contributed by atoms with van der Waals surface area (Å²) in [5, 5.41) is 3.34. The predicted octanol–water partition coefficient (Wildman–Crippen LogP) is 2.54. The summed E-state index contributed by atoms with van der Waals surface area (Å²) >= 11 is 0. The van der Waals surface area contributed by atoms with Gasteiger partial charge in [-0.15, -0.1) is 0 Å². The molecule has 0 aliphatic carbocycles. The summed E-state index contributed by atoms with van der Waals surface area (Å²) in [7, 11) is 3.99. The lowest BCUT2D eigenvalue weighted by atomic mass is 10.00. The molecule has 1 aromatic heterocycles. The fourth-order valence-electron chi connectivity index (χ4n) is 2.39. The molecule has 0 aliphatic heterocycles. The summed E-state index contributed by atoms with van der Waals surface area (Å²) in [4.78, 5) is 4.43. The Kier molecular flexibility index (Phi) is 3.82. The first kappa shape index (κ1) is 12.8. The monoisotopic (exact) mass is 243 g/mol. The van der Waals surface area contributed by atoms with E-state index in [9.17, 15) is 0 Å². The molecule has 0 amide bonds. The topological polar surface area (TPSA) is 29.9 Å². The van der Waals surface area contributed by atoms with Crippen LogP contribution >= 0.6 is 0 Å². The molecule has 3 heteroatoms. The van der Waals surface area contributed by atoms with Crippen LogP contribution in [0.4, 0.5) is 0 Å². The third kappa shape index (κ3) is 2.99. The summed E-state index contributed by atoms with van der Waals surface area (Å²) in [5.74, 6) is 0. The van der Waals surface area contributed by atoms with E-state index in [0.717, 1.165) is 12.1 Å². The Morgan fingerprint density at radius 3 is 2.39 bits per heavy atom. The highest BCUT2D eigenvalue weighted by atomic mass is 15.0. The van der Waals surface area contributed by atoms with Gasteiger partial charge in [0.1, 0.15) is 0 Å². The van der Waals surface area contributed by atoms with E-state index < -0.39 is 0 Å². The Bertz CT molecular complexity index is 508. The molecule has 0 aliphatic rings. The Balaban J connectivity index is 2.20. The van der Waals surface area contributed by atoms with Gasteiger partial charge in [0.05, 0.1) is 18.1 Å². The van der Waals surface area contributed by atoms with Gasteiger partial charge in [-0.25, -0.2) is 4.98 Å². The molecule has 3 nitrogen and oxygen atoms in total. The molecular weight excluding hydrogens is 222 g/mol. The van der Waals surface area contributed by atoms with E-state index in [-0.39, 0.29) is 6.04 Å². The SMILES string of the molecule is CNC(Cc1cc(C)cc(C)c1)c1cn(C)cn1. The molecular formula is C15H21N3. The van der Waals surface area contributed by atoms with Crippen molar-refractivity contribution >= 4 is 0 Å². The number of aryl methyl sites for hydroxylation is 3. The largest absolute Gasteiger partial charge is 0.340 e. The Morgan fingerprint density at radius 1 is 1.22 bits per heavy atom. The number of hydrogen-bond donors (Lipinski definition) is 1. The van der Waals surface area contributed by atoms with Crippen LogP contribution in [-0.4, -0.2) is 16.6 Å². The average Bonchev–Trinajstić information content (AvgIpc) is 2.71. The van der Waals surface area contributed by atoms with Crippen LogP contribution in [0.1, 0.15) is 28.4 Å². The van der Waals surface area contributed by atoms with E-state index in [1.165, 1.54) is 16.7 Å². The van der Waals surface area contributed by atoms with Crippen LogP contribution in [0, 0.1) is 13.8 Å². The molecule has 2 rings (SSSR count). The van der Waals surface area contributed by atoms with Crippen molar-refractivity contribution in [2.75, 3.05) is 7.05 Å². The molecule has 1 heterocycles. The highest BCUT2D eigenvalue weighted by Crippen LogP contribution is 2.18. The fourth-order valence-corrected chi connectivity index (χ4v) is 2.39. The molecule has 0 bridgehead atoms. The second kappa shape index (κ2) is 5.36. The first-order valence-electron chi connectivity index (χ1n) is 6.31. The van der Waals surface area contributed by atoms with E-state index in [1.807, 2.05) is 25.0 Å². The minimum Gasteiger partial charge on any atom is -0.340 e. The first-order valence-corrected chi connectivity index (χ1v) is 6.31. The van der Waals surface area contributed by atoms with Crippen LogP contribution in [0.15, 0.2) is 30.7 Å². The van der Waals surface area contributed by atoms with Gasteiger partial charge in [-0.1, -0.05) is 29.3 Å². The smallest absolute Gasteiger partial charge is 0.0947 e. The molecule has 18 heavy (non-hydrogen) atoms. The van der Waals surface area contributed by atoms with Crippen molar-refractivity contribution in [2.24, 2.45) is 7.05 Å². The first-order chi connectivity index (χ1) is 8.58. The zero-order valence-electron chi connectivity index (χ0n) is 11.6. The molecule has 0 fully saturated rings. The van der Waals surface area contributed by atoms with Gasteiger partial charge in [-0.3, -0.25) is 0 Å². The maximum absolute atomic E-state index is 4.43. The van der Waals surface area contributed by atoms with Crippen LogP contribution in [0.25, 0.3) is 0 Å². The highest BCUT2D eigenvalue weighted by Gasteiger charge is 2.12. The summed E-state index contributed by atoms with van der Waals surface area (Å²) in [6.07, 6.45) is 4.89. The van der Waals surface area contributed by atoms with Gasteiger partial charge in [0.25, 0.3) is 0 Å². The van der Waals surface area contributed by atoms with E-state index in [0.29, 0.717) is 0 Å².